The van der Waals surface area contributed by atoms with Gasteiger partial charge >= 0.3 is 0 Å². The molecular weight excluding hydrogens is 484 g/mol. The van der Waals surface area contributed by atoms with Crippen molar-refractivity contribution in [2.75, 3.05) is 34.2 Å². The van der Waals surface area contributed by atoms with E-state index in [0.717, 1.165) is 49.2 Å². The van der Waals surface area contributed by atoms with Crippen molar-refractivity contribution in [1.29, 1.82) is 0 Å². The maximum atomic E-state index is 14.2. The van der Waals surface area contributed by atoms with Crippen LogP contribution < -0.4 is 14.5 Å². The minimum atomic E-state index is -4.19. The Kier molecular flexibility index (Phi) is 6.66. The number of sulfonamides is 1. The topological polar surface area (TPSA) is 69.7 Å². The van der Waals surface area contributed by atoms with Gasteiger partial charge in [-0.25, -0.2) is 17.2 Å². The predicted octanol–water partition coefficient (Wildman–Crippen LogP) is 4.89. The Hall–Kier alpha value is -3.46. The highest BCUT2D eigenvalue weighted by Crippen LogP contribution is 2.41. The van der Waals surface area contributed by atoms with Crippen molar-refractivity contribution in [3.8, 4) is 0 Å². The quantitative estimate of drug-likeness (QED) is 0.491. The van der Waals surface area contributed by atoms with Gasteiger partial charge in [-0.1, -0.05) is 30.3 Å². The molecule has 0 aliphatic carbocycles. The Morgan fingerprint density at radius 3 is 2.47 bits per heavy atom. The van der Waals surface area contributed by atoms with Crippen LogP contribution in [0.5, 0.6) is 0 Å². The van der Waals surface area contributed by atoms with Crippen LogP contribution in [0, 0.1) is 11.6 Å². The van der Waals surface area contributed by atoms with Crippen LogP contribution in [0.3, 0.4) is 0 Å². The zero-order valence-electron chi connectivity index (χ0n) is 19.7. The average Bonchev–Trinajstić information content (AvgIpc) is 3.28. The fourth-order valence-electron chi connectivity index (χ4n) is 4.90. The first-order valence-electron chi connectivity index (χ1n) is 12.1. The number of nitrogens with zero attached hydrogens (tertiary/aromatic N) is 2. The third-order valence-corrected chi connectivity index (χ3v) is 8.07. The van der Waals surface area contributed by atoms with E-state index in [9.17, 15) is 22.0 Å². The zero-order valence-corrected chi connectivity index (χ0v) is 20.5. The molecule has 5 rings (SSSR count). The van der Waals surface area contributed by atoms with E-state index >= 15 is 0 Å². The molecule has 3 aromatic carbocycles. The number of carbonyl (C=O) groups excluding carboxylic acids is 1. The summed E-state index contributed by atoms with van der Waals surface area (Å²) in [5.74, 6) is -1.84. The molecule has 0 atom stereocenters. The fraction of sp³-hybridized carbons (Fsp3) is 0.296. The fourth-order valence-corrected chi connectivity index (χ4v) is 6.04. The summed E-state index contributed by atoms with van der Waals surface area (Å²) < 4.78 is 56.2. The SMILES string of the molecule is O=C1CCCCN1c1cc(S(=O)(=O)Nc2ccc(F)cc2F)cc2c1N(CCc1ccccc1)CC2. The molecule has 1 fully saturated rings. The molecule has 1 N–H and O–H groups in total. The van der Waals surface area contributed by atoms with Crippen LogP contribution in [0.15, 0.2) is 65.6 Å². The number of anilines is 3. The van der Waals surface area contributed by atoms with Gasteiger partial charge in [-0.3, -0.25) is 9.52 Å². The summed E-state index contributed by atoms with van der Waals surface area (Å²) in [6, 6.07) is 15.9. The van der Waals surface area contributed by atoms with Crippen LogP contribution in [-0.4, -0.2) is 34.0 Å². The van der Waals surface area contributed by atoms with Crippen molar-refractivity contribution in [2.45, 2.75) is 37.0 Å². The number of benzene rings is 3. The number of amides is 1. The molecule has 6 nitrogen and oxygen atoms in total. The van der Waals surface area contributed by atoms with Crippen LogP contribution in [0.4, 0.5) is 25.8 Å². The summed E-state index contributed by atoms with van der Waals surface area (Å²) >= 11 is 0. The molecule has 1 amide bonds. The van der Waals surface area contributed by atoms with Gasteiger partial charge in [0.15, 0.2) is 0 Å². The second kappa shape index (κ2) is 9.89. The molecule has 0 aromatic heterocycles. The van der Waals surface area contributed by atoms with E-state index < -0.39 is 21.7 Å². The molecule has 2 aliphatic heterocycles. The van der Waals surface area contributed by atoms with E-state index in [1.165, 1.54) is 11.6 Å². The first-order valence-corrected chi connectivity index (χ1v) is 13.5. The minimum Gasteiger partial charge on any atom is -0.369 e. The number of carbonyl (C=O) groups is 1. The van der Waals surface area contributed by atoms with Gasteiger partial charge in [0.2, 0.25) is 5.91 Å². The Morgan fingerprint density at radius 1 is 0.917 bits per heavy atom. The van der Waals surface area contributed by atoms with Crippen molar-refractivity contribution < 1.29 is 22.0 Å². The lowest BCUT2D eigenvalue weighted by Gasteiger charge is -2.32. The van der Waals surface area contributed by atoms with Crippen molar-refractivity contribution >= 4 is 33.0 Å². The third kappa shape index (κ3) is 4.93. The number of halogens is 2. The van der Waals surface area contributed by atoms with E-state index in [2.05, 4.69) is 21.8 Å². The number of piperidine rings is 1. The molecule has 36 heavy (non-hydrogen) atoms. The number of nitrogens with one attached hydrogen (secondary N) is 1. The highest BCUT2D eigenvalue weighted by molar-refractivity contribution is 7.92. The lowest BCUT2D eigenvalue weighted by atomic mass is 10.1. The molecule has 0 unspecified atom stereocenters. The van der Waals surface area contributed by atoms with Gasteiger partial charge in [-0.2, -0.15) is 0 Å². The van der Waals surface area contributed by atoms with Gasteiger partial charge < -0.3 is 9.80 Å². The van der Waals surface area contributed by atoms with Crippen LogP contribution in [-0.2, 0) is 27.7 Å². The second-order valence-corrected chi connectivity index (χ2v) is 10.8. The second-order valence-electron chi connectivity index (χ2n) is 9.15. The van der Waals surface area contributed by atoms with Crippen molar-refractivity contribution in [2.24, 2.45) is 0 Å². The maximum absolute atomic E-state index is 14.2. The molecular formula is C27H27F2N3O3S. The number of hydrogen-bond acceptors (Lipinski definition) is 4. The maximum Gasteiger partial charge on any atom is 0.262 e. The molecule has 0 spiro atoms. The number of hydrogen-bond donors (Lipinski definition) is 1. The largest absolute Gasteiger partial charge is 0.369 e. The van der Waals surface area contributed by atoms with Crippen molar-refractivity contribution in [1.82, 2.24) is 0 Å². The third-order valence-electron chi connectivity index (χ3n) is 6.72. The van der Waals surface area contributed by atoms with Gasteiger partial charge in [0, 0.05) is 32.1 Å². The summed E-state index contributed by atoms with van der Waals surface area (Å²) in [5.41, 5.74) is 3.15. The predicted molar refractivity (Wildman–Crippen MR) is 136 cm³/mol. The average molecular weight is 512 g/mol. The van der Waals surface area contributed by atoms with E-state index in [0.29, 0.717) is 37.7 Å². The summed E-state index contributed by atoms with van der Waals surface area (Å²) in [6.45, 7) is 1.96. The van der Waals surface area contributed by atoms with Gasteiger partial charge in [0.25, 0.3) is 10.0 Å². The molecule has 0 radical (unpaired) electrons. The Morgan fingerprint density at radius 2 is 1.72 bits per heavy atom. The van der Waals surface area contributed by atoms with Crippen LogP contribution in [0.1, 0.15) is 30.4 Å². The van der Waals surface area contributed by atoms with Crippen LogP contribution in [0.25, 0.3) is 0 Å². The Balaban J connectivity index is 1.51. The van der Waals surface area contributed by atoms with E-state index in [1.807, 2.05) is 18.2 Å². The molecule has 1 saturated heterocycles. The first kappa shape index (κ1) is 24.2. The lowest BCUT2D eigenvalue weighted by Crippen LogP contribution is -2.37. The normalized spacial score (nSPS) is 15.8. The first-order chi connectivity index (χ1) is 17.3. The van der Waals surface area contributed by atoms with Crippen LogP contribution in [0.2, 0.25) is 0 Å². The number of rotatable bonds is 7. The molecule has 188 valence electrons. The van der Waals surface area contributed by atoms with Gasteiger partial charge in [0.05, 0.1) is 22.0 Å². The summed E-state index contributed by atoms with van der Waals surface area (Å²) in [6.07, 6.45) is 3.50. The van der Waals surface area contributed by atoms with Crippen molar-refractivity contribution in [3.05, 3.63) is 83.4 Å². The van der Waals surface area contributed by atoms with Gasteiger partial charge in [0.1, 0.15) is 11.6 Å². The van der Waals surface area contributed by atoms with E-state index in [1.54, 1.807) is 11.0 Å². The monoisotopic (exact) mass is 511 g/mol. The Bertz CT molecular complexity index is 1400. The van der Waals surface area contributed by atoms with Crippen molar-refractivity contribution in [3.63, 3.8) is 0 Å². The molecule has 3 aromatic rings. The summed E-state index contributed by atoms with van der Waals surface area (Å²) in [4.78, 5) is 16.7. The standard InChI is InChI=1S/C27H27F2N3O3S/c28-21-9-10-24(23(29)17-21)30-36(34,35)22-16-20-12-15-31(14-11-19-6-2-1-3-7-19)27(20)25(18-22)32-13-5-4-8-26(32)33/h1-3,6-7,9-10,16-18,30H,4-5,8,11-15H2. The zero-order chi connectivity index (χ0) is 25.3. The highest BCUT2D eigenvalue weighted by atomic mass is 32.2. The van der Waals surface area contributed by atoms with E-state index in [4.69, 9.17) is 0 Å². The summed E-state index contributed by atoms with van der Waals surface area (Å²) in [7, 11) is -4.19. The van der Waals surface area contributed by atoms with Crippen LogP contribution >= 0.6 is 0 Å². The van der Waals surface area contributed by atoms with E-state index in [-0.39, 0.29) is 16.5 Å². The molecule has 0 bridgehead atoms. The molecule has 2 heterocycles. The molecule has 9 heteroatoms. The molecule has 0 saturated carbocycles. The highest BCUT2D eigenvalue weighted by Gasteiger charge is 2.32. The minimum absolute atomic E-state index is 0.0366. The van der Waals surface area contributed by atoms with Gasteiger partial charge in [-0.15, -0.1) is 0 Å². The molecule has 2 aliphatic rings. The number of fused-ring (bicyclic) bond motifs is 1. The smallest absolute Gasteiger partial charge is 0.262 e. The summed E-state index contributed by atoms with van der Waals surface area (Å²) in [5, 5.41) is 0. The lowest BCUT2D eigenvalue weighted by molar-refractivity contribution is -0.119. The van der Waals surface area contributed by atoms with Gasteiger partial charge in [-0.05, 0) is 61.1 Å². The Labute approximate surface area is 209 Å².